The number of halogens is 2. The van der Waals surface area contributed by atoms with Crippen LogP contribution in [0.15, 0.2) is 36.4 Å². The summed E-state index contributed by atoms with van der Waals surface area (Å²) in [5, 5.41) is 10.3. The lowest BCUT2D eigenvalue weighted by atomic mass is 9.99. The van der Waals surface area contributed by atoms with Crippen LogP contribution in [0.1, 0.15) is 49.0 Å². The first-order valence-electron chi connectivity index (χ1n) is 10.4. The lowest BCUT2D eigenvalue weighted by molar-refractivity contribution is -0.148. The minimum absolute atomic E-state index is 0.106. The first-order valence-corrected chi connectivity index (χ1v) is 10.4. The van der Waals surface area contributed by atoms with Gasteiger partial charge in [0.05, 0.1) is 24.8 Å². The molecule has 3 atom stereocenters. The van der Waals surface area contributed by atoms with Crippen LogP contribution >= 0.6 is 0 Å². The van der Waals surface area contributed by atoms with Crippen molar-refractivity contribution in [3.05, 3.63) is 47.5 Å². The average molecular weight is 433 g/mol. The molecule has 2 rings (SSSR count). The Morgan fingerprint density at radius 3 is 2.65 bits per heavy atom. The molecule has 1 aliphatic heterocycles. The number of alkyl halides is 2. The number of carbonyl (C=O) groups is 2. The van der Waals surface area contributed by atoms with Gasteiger partial charge in [0.1, 0.15) is 0 Å². The van der Waals surface area contributed by atoms with Crippen LogP contribution in [0.5, 0.6) is 0 Å². The second-order valence-corrected chi connectivity index (χ2v) is 7.68. The van der Waals surface area contributed by atoms with Gasteiger partial charge in [0.25, 0.3) is 5.91 Å². The van der Waals surface area contributed by atoms with Crippen molar-refractivity contribution in [1.82, 2.24) is 4.90 Å². The molecule has 168 valence electrons. The average Bonchev–Trinajstić information content (AvgIpc) is 2.98. The van der Waals surface area contributed by atoms with E-state index in [1.807, 2.05) is 13.8 Å². The highest BCUT2D eigenvalue weighted by Crippen LogP contribution is 2.34. The highest BCUT2D eigenvalue weighted by Gasteiger charge is 2.52. The molecule has 0 bridgehead atoms. The molecule has 1 heterocycles. The van der Waals surface area contributed by atoms with E-state index in [-0.39, 0.29) is 12.5 Å². The maximum atomic E-state index is 14.1. The number of esters is 1. The van der Waals surface area contributed by atoms with E-state index in [4.69, 9.17) is 0 Å². The maximum Gasteiger partial charge on any atom is 0.337 e. The van der Waals surface area contributed by atoms with Crippen LogP contribution in [0.25, 0.3) is 0 Å². The number of rotatable bonds is 8. The fourth-order valence-corrected chi connectivity index (χ4v) is 3.35. The number of nitrogens with zero attached hydrogens (tertiary/aromatic N) is 1. The molecule has 0 aromatic heterocycles. The fraction of sp³-hybridized carbons (Fsp3) is 0.500. The van der Waals surface area contributed by atoms with Gasteiger partial charge in [0.2, 0.25) is 0 Å². The number of benzene rings is 1. The summed E-state index contributed by atoms with van der Waals surface area (Å²) in [5.41, 5.74) is 1.20. The van der Waals surface area contributed by atoms with Gasteiger partial charge in [0, 0.05) is 25.8 Å². The lowest BCUT2D eigenvalue weighted by Gasteiger charge is -2.22. The quantitative estimate of drug-likeness (QED) is 0.386. The van der Waals surface area contributed by atoms with Crippen molar-refractivity contribution in [2.75, 3.05) is 13.7 Å². The molecule has 1 aliphatic rings. The number of amides is 1. The molecule has 0 saturated carbocycles. The van der Waals surface area contributed by atoms with Gasteiger partial charge in [0.15, 0.2) is 0 Å². The van der Waals surface area contributed by atoms with Gasteiger partial charge in [-0.15, -0.1) is 11.8 Å². The minimum atomic E-state index is -3.42. The highest BCUT2D eigenvalue weighted by molar-refractivity contribution is 5.89. The summed E-state index contributed by atoms with van der Waals surface area (Å²) in [7, 11) is 1.29. The number of methoxy groups -OCH3 is 1. The van der Waals surface area contributed by atoms with Crippen LogP contribution in [-0.2, 0) is 16.0 Å². The summed E-state index contributed by atoms with van der Waals surface area (Å²) in [4.78, 5) is 24.8. The second kappa shape index (κ2) is 11.1. The molecule has 0 radical (unpaired) electrons. The van der Waals surface area contributed by atoms with Gasteiger partial charge in [-0.25, -0.2) is 4.79 Å². The van der Waals surface area contributed by atoms with Crippen molar-refractivity contribution < 1.29 is 28.2 Å². The van der Waals surface area contributed by atoms with Crippen molar-refractivity contribution in [3.8, 4) is 11.8 Å². The normalized spacial score (nSPS) is 19.7. The predicted molar refractivity (Wildman–Crippen MR) is 114 cm³/mol. The predicted octanol–water partition coefficient (Wildman–Crippen LogP) is 3.61. The zero-order valence-electron chi connectivity index (χ0n) is 18.1. The Morgan fingerprint density at radius 1 is 1.35 bits per heavy atom. The molecule has 1 saturated heterocycles. The smallest absolute Gasteiger partial charge is 0.337 e. The molecule has 7 heteroatoms. The molecule has 1 aromatic rings. The monoisotopic (exact) mass is 433 g/mol. The van der Waals surface area contributed by atoms with Crippen molar-refractivity contribution in [2.45, 2.75) is 57.6 Å². The first kappa shape index (κ1) is 24.5. The van der Waals surface area contributed by atoms with E-state index in [1.165, 1.54) is 19.3 Å². The molecule has 31 heavy (non-hydrogen) atoms. The van der Waals surface area contributed by atoms with Crippen LogP contribution in [0.2, 0.25) is 0 Å². The van der Waals surface area contributed by atoms with Gasteiger partial charge in [-0.3, -0.25) is 4.79 Å². The molecule has 0 spiro atoms. The SMILES string of the molecule is CCC#CC[C@@H](C)[C@H](O)C=C[C@H]1CC(F)(F)C(=O)N1CCc1ccc(C(=O)OC)cc1. The van der Waals surface area contributed by atoms with Crippen LogP contribution in [0.3, 0.4) is 0 Å². The van der Waals surface area contributed by atoms with Crippen LogP contribution in [0.4, 0.5) is 8.78 Å². The van der Waals surface area contributed by atoms with E-state index >= 15 is 0 Å². The summed E-state index contributed by atoms with van der Waals surface area (Å²) in [6, 6.07) is 5.81. The van der Waals surface area contributed by atoms with Crippen LogP contribution in [0, 0.1) is 17.8 Å². The summed E-state index contributed by atoms with van der Waals surface area (Å²) in [5.74, 6) is 0.675. The Bertz CT molecular complexity index is 855. The molecule has 5 nitrogen and oxygen atoms in total. The summed E-state index contributed by atoms with van der Waals surface area (Å²) in [6.45, 7) is 3.88. The zero-order chi connectivity index (χ0) is 23.0. The Labute approximate surface area is 182 Å². The van der Waals surface area contributed by atoms with Crippen LogP contribution in [-0.4, -0.2) is 53.6 Å². The topological polar surface area (TPSA) is 66.8 Å². The van der Waals surface area contributed by atoms with Crippen molar-refractivity contribution in [1.29, 1.82) is 0 Å². The zero-order valence-corrected chi connectivity index (χ0v) is 18.1. The molecular formula is C24H29F2NO4. The van der Waals surface area contributed by atoms with E-state index in [1.54, 1.807) is 24.3 Å². The van der Waals surface area contributed by atoms with Crippen molar-refractivity contribution in [2.24, 2.45) is 5.92 Å². The third kappa shape index (κ3) is 6.63. The van der Waals surface area contributed by atoms with Gasteiger partial charge in [-0.05, 0) is 30.0 Å². The van der Waals surface area contributed by atoms with E-state index < -0.39 is 36.4 Å². The molecule has 1 N–H and O–H groups in total. The first-order chi connectivity index (χ1) is 14.7. The molecule has 1 amide bonds. The third-order valence-corrected chi connectivity index (χ3v) is 5.30. The van der Waals surface area contributed by atoms with E-state index in [2.05, 4.69) is 16.6 Å². The van der Waals surface area contributed by atoms with Gasteiger partial charge < -0.3 is 14.7 Å². The van der Waals surface area contributed by atoms with Gasteiger partial charge in [-0.1, -0.05) is 38.1 Å². The number of aliphatic hydroxyl groups excluding tert-OH is 1. The number of aliphatic hydroxyl groups is 1. The summed E-state index contributed by atoms with van der Waals surface area (Å²) >= 11 is 0. The fourth-order valence-electron chi connectivity index (χ4n) is 3.35. The standard InChI is InChI=1S/C24H29F2NO4/c1-4-5-6-7-17(2)21(28)13-12-20-16-24(25,26)23(30)27(20)15-14-18-8-10-19(11-9-18)22(29)31-3/h8-13,17,20-21,28H,4,7,14-16H2,1-3H3/t17-,20+,21-/m1/s1. The molecule has 0 unspecified atom stereocenters. The van der Waals surface area contributed by atoms with E-state index in [9.17, 15) is 23.5 Å². The number of carbonyl (C=O) groups excluding carboxylic acids is 2. The number of hydrogen-bond donors (Lipinski definition) is 1. The molecular weight excluding hydrogens is 404 g/mol. The molecule has 1 aromatic carbocycles. The number of likely N-dealkylation sites (tertiary alicyclic amines) is 1. The number of hydrogen-bond acceptors (Lipinski definition) is 4. The Balaban J connectivity index is 2.04. The maximum absolute atomic E-state index is 14.1. The van der Waals surface area contributed by atoms with Gasteiger partial charge in [-0.2, -0.15) is 8.78 Å². The Kier molecular flexibility index (Phi) is 8.76. The van der Waals surface area contributed by atoms with Gasteiger partial charge >= 0.3 is 11.9 Å². The van der Waals surface area contributed by atoms with Crippen LogP contribution < -0.4 is 0 Å². The van der Waals surface area contributed by atoms with Crippen molar-refractivity contribution in [3.63, 3.8) is 0 Å². The lowest BCUT2D eigenvalue weighted by Crippen LogP contribution is -2.37. The molecule has 1 fully saturated rings. The van der Waals surface area contributed by atoms with E-state index in [0.717, 1.165) is 16.9 Å². The summed E-state index contributed by atoms with van der Waals surface area (Å²) in [6.07, 6.45) is 3.13. The largest absolute Gasteiger partial charge is 0.465 e. The van der Waals surface area contributed by atoms with E-state index in [0.29, 0.717) is 18.4 Å². The third-order valence-electron chi connectivity index (χ3n) is 5.30. The number of ether oxygens (including phenoxy) is 1. The summed E-state index contributed by atoms with van der Waals surface area (Å²) < 4.78 is 32.8. The highest BCUT2D eigenvalue weighted by atomic mass is 19.3. The minimum Gasteiger partial charge on any atom is -0.465 e. The second-order valence-electron chi connectivity index (χ2n) is 7.68. The van der Waals surface area contributed by atoms with Crippen molar-refractivity contribution >= 4 is 11.9 Å². The molecule has 0 aliphatic carbocycles. The Morgan fingerprint density at radius 2 is 2.03 bits per heavy atom. The Hall–Kier alpha value is -2.72.